The van der Waals surface area contributed by atoms with Crippen LogP contribution in [0.15, 0.2) is 25.3 Å². The number of aliphatic hydroxyl groups is 5. The molecule has 0 aliphatic carbocycles. The molecule has 0 saturated heterocycles. The molecule has 0 heterocycles. The minimum absolute atomic E-state index is 0.617. The molecule has 6 nitrogen and oxygen atoms in total. The molecule has 0 aromatic heterocycles. The SMILES string of the molecule is C=CCOCC=C.OC[C@@H](O)[C@H](O)[C@@H](O)CO. The van der Waals surface area contributed by atoms with E-state index in [0.717, 1.165) is 0 Å². The molecule has 0 unspecified atom stereocenters. The Labute approximate surface area is 101 Å². The molecule has 5 N–H and O–H groups in total. The van der Waals surface area contributed by atoms with Gasteiger partial charge in [-0.2, -0.15) is 0 Å². The van der Waals surface area contributed by atoms with E-state index >= 15 is 0 Å². The average molecular weight is 250 g/mol. The summed E-state index contributed by atoms with van der Waals surface area (Å²) in [5.41, 5.74) is 0. The summed E-state index contributed by atoms with van der Waals surface area (Å²) in [6, 6.07) is 0. The first kappa shape index (κ1) is 18.6. The standard InChI is InChI=1S/C6H10O.C5H12O5/c1-3-5-7-6-4-2;6-1-3(8)5(10)4(9)2-7/h3-4H,1-2,5-6H2;3-10H,1-2H2/t;3-,4+,5+. The summed E-state index contributed by atoms with van der Waals surface area (Å²) in [6.45, 7) is 6.90. The van der Waals surface area contributed by atoms with Gasteiger partial charge in [-0.05, 0) is 0 Å². The summed E-state index contributed by atoms with van der Waals surface area (Å²) in [4.78, 5) is 0. The molecule has 0 aromatic carbocycles. The van der Waals surface area contributed by atoms with Gasteiger partial charge in [0.05, 0.1) is 26.4 Å². The Bertz CT molecular complexity index is 167. The number of aliphatic hydroxyl groups excluding tert-OH is 5. The van der Waals surface area contributed by atoms with E-state index in [-0.39, 0.29) is 0 Å². The van der Waals surface area contributed by atoms with Gasteiger partial charge in [-0.25, -0.2) is 0 Å². The third-order valence-corrected chi connectivity index (χ3v) is 1.63. The number of rotatable bonds is 8. The maximum absolute atomic E-state index is 8.77. The van der Waals surface area contributed by atoms with Gasteiger partial charge in [0.1, 0.15) is 18.3 Å². The lowest BCUT2D eigenvalue weighted by atomic mass is 10.1. The van der Waals surface area contributed by atoms with Crippen LogP contribution in [0.25, 0.3) is 0 Å². The first-order chi connectivity index (χ1) is 8.04. The highest BCUT2D eigenvalue weighted by Crippen LogP contribution is 1.97. The van der Waals surface area contributed by atoms with Crippen molar-refractivity contribution in [3.8, 4) is 0 Å². The van der Waals surface area contributed by atoms with Crippen LogP contribution in [0, 0.1) is 0 Å². The van der Waals surface area contributed by atoms with Crippen molar-refractivity contribution < 1.29 is 30.3 Å². The monoisotopic (exact) mass is 250 g/mol. The molecule has 0 amide bonds. The molecule has 0 radical (unpaired) electrons. The maximum atomic E-state index is 8.77. The average Bonchev–Trinajstić information content (AvgIpc) is 2.37. The fourth-order valence-electron chi connectivity index (χ4n) is 0.707. The zero-order chi connectivity index (χ0) is 13.7. The highest BCUT2D eigenvalue weighted by atomic mass is 16.5. The highest BCUT2D eigenvalue weighted by Gasteiger charge is 2.22. The van der Waals surface area contributed by atoms with E-state index in [2.05, 4.69) is 13.2 Å². The molecule has 0 aliphatic rings. The van der Waals surface area contributed by atoms with Crippen LogP contribution < -0.4 is 0 Å². The summed E-state index contributed by atoms with van der Waals surface area (Å²) >= 11 is 0. The fraction of sp³-hybridized carbons (Fsp3) is 0.636. The van der Waals surface area contributed by atoms with Gasteiger partial charge in [0.2, 0.25) is 0 Å². The van der Waals surface area contributed by atoms with Gasteiger partial charge >= 0.3 is 0 Å². The maximum Gasteiger partial charge on any atom is 0.110 e. The van der Waals surface area contributed by atoms with Gasteiger partial charge in [0.25, 0.3) is 0 Å². The lowest BCUT2D eigenvalue weighted by Gasteiger charge is -2.19. The first-order valence-electron chi connectivity index (χ1n) is 5.10. The lowest BCUT2D eigenvalue weighted by Crippen LogP contribution is -2.41. The predicted octanol–water partition coefficient (Wildman–Crippen LogP) is -1.57. The zero-order valence-corrected chi connectivity index (χ0v) is 9.77. The van der Waals surface area contributed by atoms with Crippen molar-refractivity contribution in [1.29, 1.82) is 0 Å². The molecule has 0 aromatic rings. The second-order valence-electron chi connectivity index (χ2n) is 3.11. The van der Waals surface area contributed by atoms with Crippen molar-refractivity contribution in [3.05, 3.63) is 25.3 Å². The number of hydrogen-bond acceptors (Lipinski definition) is 6. The second kappa shape index (κ2) is 13.3. The van der Waals surface area contributed by atoms with Crippen molar-refractivity contribution in [3.63, 3.8) is 0 Å². The van der Waals surface area contributed by atoms with Gasteiger partial charge in [-0.1, -0.05) is 12.2 Å². The Hall–Kier alpha value is -0.760. The molecule has 0 saturated carbocycles. The smallest absolute Gasteiger partial charge is 0.110 e. The van der Waals surface area contributed by atoms with Gasteiger partial charge < -0.3 is 30.3 Å². The quantitative estimate of drug-likeness (QED) is 0.263. The molecule has 0 fully saturated rings. The normalized spacial score (nSPS) is 15.1. The first-order valence-corrected chi connectivity index (χ1v) is 5.10. The summed E-state index contributed by atoms with van der Waals surface area (Å²) in [5.74, 6) is 0. The van der Waals surface area contributed by atoms with Crippen LogP contribution in [0.4, 0.5) is 0 Å². The van der Waals surface area contributed by atoms with E-state index in [9.17, 15) is 0 Å². The Morgan fingerprint density at radius 2 is 1.24 bits per heavy atom. The van der Waals surface area contributed by atoms with Crippen LogP contribution in [0.3, 0.4) is 0 Å². The van der Waals surface area contributed by atoms with Crippen molar-refractivity contribution >= 4 is 0 Å². The van der Waals surface area contributed by atoms with Crippen LogP contribution in [0.1, 0.15) is 0 Å². The molecule has 17 heavy (non-hydrogen) atoms. The van der Waals surface area contributed by atoms with E-state index in [4.69, 9.17) is 30.3 Å². The number of hydrogen-bond donors (Lipinski definition) is 5. The molecule has 3 atom stereocenters. The third-order valence-electron chi connectivity index (χ3n) is 1.63. The topological polar surface area (TPSA) is 110 Å². The van der Waals surface area contributed by atoms with Crippen LogP contribution >= 0.6 is 0 Å². The van der Waals surface area contributed by atoms with Crippen molar-refractivity contribution in [2.45, 2.75) is 18.3 Å². The Balaban J connectivity index is 0. The van der Waals surface area contributed by atoms with Gasteiger partial charge in [0, 0.05) is 0 Å². The summed E-state index contributed by atoms with van der Waals surface area (Å²) in [6.07, 6.45) is -0.869. The molecule has 0 spiro atoms. The fourth-order valence-corrected chi connectivity index (χ4v) is 0.707. The molecular weight excluding hydrogens is 228 g/mol. The summed E-state index contributed by atoms with van der Waals surface area (Å²) < 4.78 is 4.90. The van der Waals surface area contributed by atoms with Gasteiger partial charge in [0.15, 0.2) is 0 Å². The van der Waals surface area contributed by atoms with Crippen LogP contribution in [-0.2, 0) is 4.74 Å². The molecule has 0 bridgehead atoms. The Kier molecular flexibility index (Phi) is 14.6. The minimum Gasteiger partial charge on any atom is -0.394 e. The van der Waals surface area contributed by atoms with Gasteiger partial charge in [-0.3, -0.25) is 0 Å². The van der Waals surface area contributed by atoms with Crippen LogP contribution in [0.5, 0.6) is 0 Å². The third kappa shape index (κ3) is 11.5. The lowest BCUT2D eigenvalue weighted by molar-refractivity contribution is -0.0900. The van der Waals surface area contributed by atoms with E-state index < -0.39 is 31.5 Å². The van der Waals surface area contributed by atoms with Crippen molar-refractivity contribution in [2.75, 3.05) is 26.4 Å². The van der Waals surface area contributed by atoms with Crippen LogP contribution in [0.2, 0.25) is 0 Å². The largest absolute Gasteiger partial charge is 0.394 e. The van der Waals surface area contributed by atoms with E-state index in [0.29, 0.717) is 13.2 Å². The Morgan fingerprint density at radius 1 is 0.882 bits per heavy atom. The highest BCUT2D eigenvalue weighted by molar-refractivity contribution is 4.73. The second-order valence-corrected chi connectivity index (χ2v) is 3.11. The van der Waals surface area contributed by atoms with Crippen molar-refractivity contribution in [2.24, 2.45) is 0 Å². The van der Waals surface area contributed by atoms with E-state index in [1.54, 1.807) is 12.2 Å². The van der Waals surface area contributed by atoms with Crippen LogP contribution in [-0.4, -0.2) is 70.3 Å². The Morgan fingerprint density at radius 3 is 1.47 bits per heavy atom. The molecular formula is C11H22O6. The van der Waals surface area contributed by atoms with E-state index in [1.807, 2.05) is 0 Å². The van der Waals surface area contributed by atoms with E-state index in [1.165, 1.54) is 0 Å². The summed E-state index contributed by atoms with van der Waals surface area (Å²) in [5, 5.41) is 42.6. The minimum atomic E-state index is -1.49. The molecule has 0 rings (SSSR count). The summed E-state index contributed by atoms with van der Waals surface area (Å²) in [7, 11) is 0. The number of ether oxygens (including phenoxy) is 1. The van der Waals surface area contributed by atoms with Gasteiger partial charge in [-0.15, -0.1) is 13.2 Å². The molecule has 102 valence electrons. The van der Waals surface area contributed by atoms with Crippen molar-refractivity contribution in [1.82, 2.24) is 0 Å². The predicted molar refractivity (Wildman–Crippen MR) is 63.4 cm³/mol. The molecule has 0 aliphatic heterocycles. The zero-order valence-electron chi connectivity index (χ0n) is 9.77. The molecule has 6 heteroatoms.